The van der Waals surface area contributed by atoms with Crippen molar-refractivity contribution in [2.45, 2.75) is 6.61 Å². The lowest BCUT2D eigenvalue weighted by atomic mass is 10.1. The van der Waals surface area contributed by atoms with Crippen molar-refractivity contribution < 1.29 is 23.6 Å². The van der Waals surface area contributed by atoms with Gasteiger partial charge in [0.15, 0.2) is 17.3 Å². The van der Waals surface area contributed by atoms with Gasteiger partial charge < -0.3 is 18.6 Å². The molecule has 0 unspecified atom stereocenters. The number of nitrogens with zero attached hydrogens (tertiary/aromatic N) is 4. The molecule has 0 fully saturated rings. The molecule has 0 N–H and O–H groups in total. The van der Waals surface area contributed by atoms with Gasteiger partial charge in [-0.15, -0.1) is 0 Å². The number of aromatic nitrogens is 2. The molecular formula is C31H20N4O7. The highest BCUT2D eigenvalue weighted by atomic mass is 16.7. The van der Waals surface area contributed by atoms with E-state index in [2.05, 4.69) is 10.1 Å². The van der Waals surface area contributed by atoms with Crippen LogP contribution in [-0.2, 0) is 6.61 Å². The molecule has 3 heterocycles. The van der Waals surface area contributed by atoms with Gasteiger partial charge in [-0.25, -0.2) is 4.98 Å². The summed E-state index contributed by atoms with van der Waals surface area (Å²) in [7, 11) is 0. The zero-order chi connectivity index (χ0) is 28.6. The number of nitro benzene ring substituents is 1. The third kappa shape index (κ3) is 4.48. The van der Waals surface area contributed by atoms with Crippen LogP contribution in [0.2, 0.25) is 0 Å². The maximum absolute atomic E-state index is 13.6. The summed E-state index contributed by atoms with van der Waals surface area (Å²) >= 11 is 0. The number of benzene rings is 4. The van der Waals surface area contributed by atoms with Crippen LogP contribution in [-0.4, -0.2) is 27.6 Å². The fraction of sp³-hybridized carbons (Fsp3) is 0.0645. The van der Waals surface area contributed by atoms with Gasteiger partial charge in [-0.3, -0.25) is 14.9 Å². The number of furan rings is 1. The van der Waals surface area contributed by atoms with Crippen LogP contribution >= 0.6 is 0 Å². The Balaban J connectivity index is 1.31. The molecule has 11 heteroatoms. The minimum atomic E-state index is -0.532. The second-order valence-corrected chi connectivity index (χ2v) is 9.39. The molecule has 7 rings (SSSR count). The normalized spacial score (nSPS) is 12.4. The number of hydrogen-bond acceptors (Lipinski definition) is 9. The first-order chi connectivity index (χ1) is 20.5. The molecule has 4 aromatic carbocycles. The first kappa shape index (κ1) is 25.0. The molecule has 42 heavy (non-hydrogen) atoms. The first-order valence-electron chi connectivity index (χ1n) is 12.9. The van der Waals surface area contributed by atoms with Crippen molar-refractivity contribution in [2.24, 2.45) is 5.10 Å². The zero-order valence-electron chi connectivity index (χ0n) is 21.8. The highest BCUT2D eigenvalue weighted by Gasteiger charge is 2.21. The Bertz CT molecular complexity index is 2060. The molecule has 6 aromatic rings. The smallest absolute Gasteiger partial charge is 0.311 e. The van der Waals surface area contributed by atoms with Crippen molar-refractivity contribution in [2.75, 3.05) is 6.79 Å². The van der Waals surface area contributed by atoms with E-state index in [9.17, 15) is 14.9 Å². The van der Waals surface area contributed by atoms with Crippen molar-refractivity contribution in [1.29, 1.82) is 0 Å². The average Bonchev–Trinajstić information content (AvgIpc) is 3.66. The second-order valence-electron chi connectivity index (χ2n) is 9.39. The quantitative estimate of drug-likeness (QED) is 0.134. The van der Waals surface area contributed by atoms with E-state index < -0.39 is 10.5 Å². The Labute approximate surface area is 237 Å². The maximum atomic E-state index is 13.6. The molecule has 0 spiro atoms. The number of ether oxygens (including phenoxy) is 3. The van der Waals surface area contributed by atoms with Crippen molar-refractivity contribution in [3.05, 3.63) is 123 Å². The first-order valence-corrected chi connectivity index (χ1v) is 12.9. The Hall–Kier alpha value is -5.97. The van der Waals surface area contributed by atoms with Gasteiger partial charge in [0.25, 0.3) is 5.56 Å². The fourth-order valence-corrected chi connectivity index (χ4v) is 4.73. The van der Waals surface area contributed by atoms with Gasteiger partial charge in [-0.05, 0) is 48.0 Å². The van der Waals surface area contributed by atoms with Crippen molar-refractivity contribution in [3.8, 4) is 28.8 Å². The zero-order valence-corrected chi connectivity index (χ0v) is 21.8. The molecule has 206 valence electrons. The van der Waals surface area contributed by atoms with E-state index in [0.717, 1.165) is 15.6 Å². The third-order valence-electron chi connectivity index (χ3n) is 6.75. The lowest BCUT2D eigenvalue weighted by molar-refractivity contribution is -0.385. The molecule has 0 atom stereocenters. The third-order valence-corrected chi connectivity index (χ3v) is 6.75. The van der Waals surface area contributed by atoms with Crippen LogP contribution in [0.25, 0.3) is 33.5 Å². The largest absolute Gasteiger partial charge is 0.481 e. The van der Waals surface area contributed by atoms with Crippen molar-refractivity contribution >= 4 is 33.8 Å². The number of fused-ring (bicyclic) bond motifs is 3. The lowest BCUT2D eigenvalue weighted by Gasteiger charge is -2.11. The minimum absolute atomic E-state index is 0.00370. The number of hydrogen-bond donors (Lipinski definition) is 0. The SMILES string of the molecule is O=c1c2ccccc2nc(-c2cc3ccccc3o2)n1N=Cc1cccc([N+](=O)[O-])c1OCc1ccc2c(c1)OCO2. The Kier molecular flexibility index (Phi) is 6.08. The predicted octanol–water partition coefficient (Wildman–Crippen LogP) is 5.91. The predicted molar refractivity (Wildman–Crippen MR) is 154 cm³/mol. The molecule has 0 bridgehead atoms. The molecule has 0 aliphatic carbocycles. The van der Waals surface area contributed by atoms with Crippen LogP contribution in [0.4, 0.5) is 5.69 Å². The molecule has 2 aromatic heterocycles. The summed E-state index contributed by atoms with van der Waals surface area (Å²) in [4.78, 5) is 29.7. The summed E-state index contributed by atoms with van der Waals surface area (Å²) in [6.07, 6.45) is 1.34. The molecule has 1 aliphatic rings. The topological polar surface area (TPSA) is 131 Å². The van der Waals surface area contributed by atoms with Crippen LogP contribution in [0.5, 0.6) is 17.2 Å². The summed E-state index contributed by atoms with van der Waals surface area (Å²) in [6.45, 7) is 0.146. The molecule has 0 saturated heterocycles. The van der Waals surface area contributed by atoms with Crippen molar-refractivity contribution in [1.82, 2.24) is 9.66 Å². The highest BCUT2D eigenvalue weighted by molar-refractivity contribution is 5.87. The maximum Gasteiger partial charge on any atom is 0.311 e. The molecule has 0 amide bonds. The molecule has 1 aliphatic heterocycles. The van der Waals surface area contributed by atoms with Gasteiger partial charge in [0, 0.05) is 17.0 Å². The van der Waals surface area contributed by atoms with Gasteiger partial charge in [-0.2, -0.15) is 9.78 Å². The van der Waals surface area contributed by atoms with E-state index in [1.165, 1.54) is 18.3 Å². The summed E-state index contributed by atoms with van der Waals surface area (Å²) in [6, 6.07) is 25.9. The van der Waals surface area contributed by atoms with Gasteiger partial charge >= 0.3 is 5.69 Å². The lowest BCUT2D eigenvalue weighted by Crippen LogP contribution is -2.20. The van der Waals surface area contributed by atoms with Crippen LogP contribution in [0, 0.1) is 10.1 Å². The van der Waals surface area contributed by atoms with E-state index in [4.69, 9.17) is 18.6 Å². The highest BCUT2D eigenvalue weighted by Crippen LogP contribution is 2.35. The van der Waals surface area contributed by atoms with E-state index in [0.29, 0.717) is 39.3 Å². The Morgan fingerprint density at radius 1 is 0.976 bits per heavy atom. The summed E-state index contributed by atoms with van der Waals surface area (Å²) in [5.41, 5.74) is 1.44. The minimum Gasteiger partial charge on any atom is -0.481 e. The fourth-order valence-electron chi connectivity index (χ4n) is 4.73. The standard InChI is InChI=1S/C31H20N4O7/c36-31-22-8-2-3-9-23(22)33-30(28-15-20-6-1-4-11-25(20)42-28)34(31)32-16-21-7-5-10-24(35(37)38)29(21)39-17-19-12-13-26-27(14-19)41-18-40-26/h1-16H,17-18H2. The number of para-hydroxylation sites is 3. The molecular weight excluding hydrogens is 540 g/mol. The molecule has 11 nitrogen and oxygen atoms in total. The van der Waals surface area contributed by atoms with Crippen LogP contribution in [0.3, 0.4) is 0 Å². The summed E-state index contributed by atoms with van der Waals surface area (Å²) in [5, 5.41) is 17.5. The van der Waals surface area contributed by atoms with Crippen molar-refractivity contribution in [3.63, 3.8) is 0 Å². The number of rotatable bonds is 7. The van der Waals surface area contributed by atoms with Crippen LogP contribution in [0.1, 0.15) is 11.1 Å². The Morgan fingerprint density at radius 2 is 1.81 bits per heavy atom. The van der Waals surface area contributed by atoms with Gasteiger partial charge in [0.05, 0.1) is 22.0 Å². The molecule has 0 saturated carbocycles. The average molecular weight is 561 g/mol. The Morgan fingerprint density at radius 3 is 2.69 bits per heavy atom. The monoisotopic (exact) mass is 560 g/mol. The van der Waals surface area contributed by atoms with Gasteiger partial charge in [-0.1, -0.05) is 42.5 Å². The second kappa shape index (κ2) is 10.2. The summed E-state index contributed by atoms with van der Waals surface area (Å²) in [5.74, 6) is 1.71. The summed E-state index contributed by atoms with van der Waals surface area (Å²) < 4.78 is 23.9. The van der Waals surface area contributed by atoms with E-state index >= 15 is 0 Å². The van der Waals surface area contributed by atoms with Gasteiger partial charge in [0.1, 0.15) is 12.2 Å². The van der Waals surface area contributed by atoms with Gasteiger partial charge in [0.2, 0.25) is 18.4 Å². The van der Waals surface area contributed by atoms with E-state index in [1.54, 1.807) is 54.6 Å². The van der Waals surface area contributed by atoms with E-state index in [-0.39, 0.29) is 30.7 Å². The molecule has 0 radical (unpaired) electrons. The number of nitro groups is 1. The van der Waals surface area contributed by atoms with Crippen LogP contribution in [0.15, 0.2) is 105 Å². The van der Waals surface area contributed by atoms with Crippen LogP contribution < -0.4 is 19.8 Å². The van der Waals surface area contributed by atoms with E-state index in [1.807, 2.05) is 24.3 Å².